The molecule has 30 heavy (non-hydrogen) atoms. The van der Waals surface area contributed by atoms with Crippen LogP contribution in [0.15, 0.2) is 48.5 Å². The van der Waals surface area contributed by atoms with E-state index < -0.39 is 0 Å². The van der Waals surface area contributed by atoms with Crippen molar-refractivity contribution < 1.29 is 18.9 Å². The number of ether oxygens (including phenoxy) is 4. The topological polar surface area (TPSA) is 73.6 Å². The van der Waals surface area contributed by atoms with Gasteiger partial charge < -0.3 is 18.9 Å². The monoisotopic (exact) mass is 402 g/mol. The van der Waals surface area contributed by atoms with Crippen LogP contribution in [0, 0.1) is 11.3 Å². The van der Waals surface area contributed by atoms with Gasteiger partial charge in [0.15, 0.2) is 11.5 Å². The van der Waals surface area contributed by atoms with Gasteiger partial charge in [-0.3, -0.25) is 0 Å². The summed E-state index contributed by atoms with van der Waals surface area (Å²) in [5.74, 6) is 2.98. The van der Waals surface area contributed by atoms with Crippen LogP contribution in [0.5, 0.6) is 28.9 Å². The molecule has 152 valence electrons. The summed E-state index contributed by atoms with van der Waals surface area (Å²) in [6, 6.07) is 17.1. The fourth-order valence-corrected chi connectivity index (χ4v) is 3.29. The first-order valence-corrected chi connectivity index (χ1v) is 9.87. The van der Waals surface area contributed by atoms with E-state index >= 15 is 0 Å². The lowest BCUT2D eigenvalue weighted by molar-refractivity contribution is 0.174. The molecule has 0 saturated heterocycles. The molecule has 1 aliphatic heterocycles. The Labute approximate surface area is 175 Å². The van der Waals surface area contributed by atoms with E-state index in [0.717, 1.165) is 41.8 Å². The summed E-state index contributed by atoms with van der Waals surface area (Å²) in [4.78, 5) is 4.65. The molecule has 0 N–H and O–H groups in total. The van der Waals surface area contributed by atoms with Crippen molar-refractivity contribution in [3.63, 3.8) is 0 Å². The Morgan fingerprint density at radius 2 is 1.80 bits per heavy atom. The Hall–Kier alpha value is -3.72. The van der Waals surface area contributed by atoms with Crippen LogP contribution in [0.4, 0.5) is 0 Å². The lowest BCUT2D eigenvalue weighted by Gasteiger charge is -2.14. The SMILES string of the molecule is CCCCc1cc(-c2ccc3c(c2)OCO3)c(C#N)c(Oc2ccc(OC)cc2)n1. The molecule has 4 rings (SSSR count). The zero-order chi connectivity index (χ0) is 20.9. The van der Waals surface area contributed by atoms with E-state index in [2.05, 4.69) is 18.0 Å². The highest BCUT2D eigenvalue weighted by Crippen LogP contribution is 2.39. The standard InChI is InChI=1S/C24H22N2O4/c1-3-4-5-17-13-20(16-6-11-22-23(12-16)29-15-28-22)21(14-25)24(26-17)30-19-9-7-18(27-2)8-10-19/h6-13H,3-5,15H2,1-2H3. The Kier molecular flexibility index (Phi) is 5.71. The van der Waals surface area contributed by atoms with Crippen molar-refractivity contribution in [3.05, 3.63) is 59.8 Å². The van der Waals surface area contributed by atoms with Crippen LogP contribution in [-0.4, -0.2) is 18.9 Å². The first-order valence-electron chi connectivity index (χ1n) is 9.87. The highest BCUT2D eigenvalue weighted by Gasteiger charge is 2.19. The zero-order valence-corrected chi connectivity index (χ0v) is 17.0. The molecule has 6 nitrogen and oxygen atoms in total. The van der Waals surface area contributed by atoms with Gasteiger partial charge in [-0.15, -0.1) is 0 Å². The van der Waals surface area contributed by atoms with Crippen LogP contribution in [0.1, 0.15) is 31.0 Å². The number of unbranched alkanes of at least 4 members (excludes halogenated alkanes) is 1. The minimum Gasteiger partial charge on any atom is -0.497 e. The minimum absolute atomic E-state index is 0.202. The smallest absolute Gasteiger partial charge is 0.238 e. The van der Waals surface area contributed by atoms with Gasteiger partial charge in [0.25, 0.3) is 0 Å². The normalized spacial score (nSPS) is 11.8. The Morgan fingerprint density at radius 1 is 1.03 bits per heavy atom. The van der Waals surface area contributed by atoms with Crippen molar-refractivity contribution >= 4 is 0 Å². The van der Waals surface area contributed by atoms with Crippen molar-refractivity contribution in [2.75, 3.05) is 13.9 Å². The Morgan fingerprint density at radius 3 is 2.53 bits per heavy atom. The van der Waals surface area contributed by atoms with Crippen molar-refractivity contribution in [1.82, 2.24) is 4.98 Å². The Balaban J connectivity index is 1.78. The number of benzene rings is 2. The molecule has 0 aliphatic carbocycles. The molecule has 0 saturated carbocycles. The molecule has 0 radical (unpaired) electrons. The van der Waals surface area contributed by atoms with E-state index in [1.54, 1.807) is 31.4 Å². The number of aromatic nitrogens is 1. The van der Waals surface area contributed by atoms with Gasteiger partial charge in [-0.1, -0.05) is 19.4 Å². The third-order valence-corrected chi connectivity index (χ3v) is 4.90. The summed E-state index contributed by atoms with van der Waals surface area (Å²) in [5, 5.41) is 9.94. The van der Waals surface area contributed by atoms with Crippen LogP contribution < -0.4 is 18.9 Å². The van der Waals surface area contributed by atoms with Crippen LogP contribution in [0.2, 0.25) is 0 Å². The number of fused-ring (bicyclic) bond motifs is 1. The predicted octanol–water partition coefficient (Wildman–Crippen LogP) is 5.49. The number of nitrogens with zero attached hydrogens (tertiary/aromatic N) is 2. The number of hydrogen-bond donors (Lipinski definition) is 0. The highest BCUT2D eigenvalue weighted by atomic mass is 16.7. The molecular weight excluding hydrogens is 380 g/mol. The van der Waals surface area contributed by atoms with E-state index in [1.807, 2.05) is 24.3 Å². The maximum atomic E-state index is 9.94. The average Bonchev–Trinajstić information content (AvgIpc) is 3.26. The minimum atomic E-state index is 0.202. The molecule has 2 aromatic carbocycles. The fraction of sp³-hybridized carbons (Fsp3) is 0.250. The number of methoxy groups -OCH3 is 1. The zero-order valence-electron chi connectivity index (χ0n) is 17.0. The van der Waals surface area contributed by atoms with Crippen LogP contribution >= 0.6 is 0 Å². The third kappa shape index (κ3) is 4.01. The van der Waals surface area contributed by atoms with Gasteiger partial charge in [-0.25, -0.2) is 4.98 Å². The van der Waals surface area contributed by atoms with E-state index in [9.17, 15) is 5.26 Å². The van der Waals surface area contributed by atoms with Crippen LogP contribution in [-0.2, 0) is 6.42 Å². The molecule has 0 atom stereocenters. The number of nitriles is 1. The van der Waals surface area contributed by atoms with E-state index in [4.69, 9.17) is 18.9 Å². The second kappa shape index (κ2) is 8.75. The first kappa shape index (κ1) is 19.6. The maximum absolute atomic E-state index is 9.94. The summed E-state index contributed by atoms with van der Waals surface area (Å²) in [5.41, 5.74) is 2.88. The second-order valence-corrected chi connectivity index (χ2v) is 6.90. The summed E-state index contributed by atoms with van der Waals surface area (Å²) >= 11 is 0. The molecule has 0 unspecified atom stereocenters. The second-order valence-electron chi connectivity index (χ2n) is 6.90. The summed E-state index contributed by atoms with van der Waals surface area (Å²) < 4.78 is 22.1. The maximum Gasteiger partial charge on any atom is 0.238 e. The largest absolute Gasteiger partial charge is 0.497 e. The van der Waals surface area contributed by atoms with E-state index in [-0.39, 0.29) is 6.79 Å². The molecule has 0 spiro atoms. The van der Waals surface area contributed by atoms with Gasteiger partial charge in [0.1, 0.15) is 23.1 Å². The number of hydrogen-bond acceptors (Lipinski definition) is 6. The van der Waals surface area contributed by atoms with Gasteiger partial charge in [0.2, 0.25) is 12.7 Å². The molecular formula is C24H22N2O4. The van der Waals surface area contributed by atoms with Crippen LogP contribution in [0.3, 0.4) is 0 Å². The van der Waals surface area contributed by atoms with E-state index in [0.29, 0.717) is 28.7 Å². The highest BCUT2D eigenvalue weighted by molar-refractivity contribution is 5.75. The number of rotatable bonds is 7. The molecule has 1 aromatic heterocycles. The molecule has 6 heteroatoms. The molecule has 0 fully saturated rings. The summed E-state index contributed by atoms with van der Waals surface area (Å²) in [6.45, 7) is 2.34. The van der Waals surface area contributed by atoms with Crippen LogP contribution in [0.25, 0.3) is 11.1 Å². The molecule has 1 aliphatic rings. The van der Waals surface area contributed by atoms with Gasteiger partial charge in [0.05, 0.1) is 7.11 Å². The number of aryl methyl sites for hydroxylation is 1. The predicted molar refractivity (Wildman–Crippen MR) is 112 cm³/mol. The fourth-order valence-electron chi connectivity index (χ4n) is 3.29. The average molecular weight is 402 g/mol. The summed E-state index contributed by atoms with van der Waals surface area (Å²) in [6.07, 6.45) is 2.86. The van der Waals surface area contributed by atoms with Gasteiger partial charge in [0, 0.05) is 11.3 Å². The van der Waals surface area contributed by atoms with Gasteiger partial charge >= 0.3 is 0 Å². The first-order chi connectivity index (χ1) is 14.7. The summed E-state index contributed by atoms with van der Waals surface area (Å²) in [7, 11) is 1.61. The van der Waals surface area contributed by atoms with Crippen molar-refractivity contribution in [3.8, 4) is 46.1 Å². The molecule has 0 amide bonds. The molecule has 2 heterocycles. The quantitative estimate of drug-likeness (QED) is 0.520. The molecule has 0 bridgehead atoms. The molecule has 3 aromatic rings. The van der Waals surface area contributed by atoms with Crippen molar-refractivity contribution in [1.29, 1.82) is 5.26 Å². The van der Waals surface area contributed by atoms with Crippen molar-refractivity contribution in [2.45, 2.75) is 26.2 Å². The van der Waals surface area contributed by atoms with Gasteiger partial charge in [-0.2, -0.15) is 5.26 Å². The lowest BCUT2D eigenvalue weighted by atomic mass is 9.99. The van der Waals surface area contributed by atoms with E-state index in [1.165, 1.54) is 0 Å². The Bertz CT molecular complexity index is 1090. The lowest BCUT2D eigenvalue weighted by Crippen LogP contribution is -2.00. The number of pyridine rings is 1. The van der Waals surface area contributed by atoms with Crippen molar-refractivity contribution in [2.24, 2.45) is 0 Å². The van der Waals surface area contributed by atoms with Gasteiger partial charge in [-0.05, 0) is 60.9 Å². The third-order valence-electron chi connectivity index (χ3n) is 4.90.